The quantitative estimate of drug-likeness (QED) is 0.869. The average Bonchev–Trinajstić information content (AvgIpc) is 2.73. The van der Waals surface area contributed by atoms with Gasteiger partial charge in [-0.25, -0.2) is 4.39 Å². The number of ether oxygens (including phenoxy) is 1. The zero-order valence-electron chi connectivity index (χ0n) is 11.7. The summed E-state index contributed by atoms with van der Waals surface area (Å²) in [7, 11) is 0. The van der Waals surface area contributed by atoms with E-state index in [1.165, 1.54) is 6.07 Å². The van der Waals surface area contributed by atoms with E-state index in [9.17, 15) is 8.94 Å². The van der Waals surface area contributed by atoms with Crippen molar-refractivity contribution in [1.82, 2.24) is 4.72 Å². The van der Waals surface area contributed by atoms with Gasteiger partial charge < -0.3 is 9.29 Å². The molecule has 1 aromatic carbocycles. The van der Waals surface area contributed by atoms with Crippen molar-refractivity contribution in [3.05, 3.63) is 29.1 Å². The summed E-state index contributed by atoms with van der Waals surface area (Å²) < 4.78 is 34.1. The maximum Gasteiger partial charge on any atom is 0.136 e. The fourth-order valence-electron chi connectivity index (χ4n) is 1.94. The highest BCUT2D eigenvalue weighted by atomic mass is 32.2. The van der Waals surface area contributed by atoms with Crippen LogP contribution in [0.5, 0.6) is 5.75 Å². The molecular formula is C14H20FNO2S. The molecule has 1 N–H and O–H groups in total. The largest absolute Gasteiger partial charge is 0.598 e. The predicted molar refractivity (Wildman–Crippen MR) is 75.0 cm³/mol. The molecule has 0 bridgehead atoms. The first-order valence-corrected chi connectivity index (χ1v) is 7.57. The van der Waals surface area contributed by atoms with Crippen LogP contribution in [0.1, 0.15) is 44.9 Å². The Morgan fingerprint density at radius 3 is 2.74 bits per heavy atom. The van der Waals surface area contributed by atoms with E-state index in [1.54, 1.807) is 6.07 Å². The molecule has 19 heavy (non-hydrogen) atoms. The third kappa shape index (κ3) is 3.22. The fraction of sp³-hybridized carbons (Fsp3) is 0.571. The van der Waals surface area contributed by atoms with Crippen LogP contribution in [0.2, 0.25) is 0 Å². The second-order valence-corrected chi connectivity index (χ2v) is 7.80. The van der Waals surface area contributed by atoms with Crippen molar-refractivity contribution < 1.29 is 13.7 Å². The molecule has 0 saturated heterocycles. The maximum atomic E-state index is 14.0. The molecule has 0 radical (unpaired) electrons. The van der Waals surface area contributed by atoms with Crippen LogP contribution in [0, 0.1) is 5.82 Å². The molecule has 0 amide bonds. The van der Waals surface area contributed by atoms with E-state index in [0.29, 0.717) is 12.2 Å². The van der Waals surface area contributed by atoms with Crippen molar-refractivity contribution in [2.75, 3.05) is 6.61 Å². The standard InChI is InChI=1S/C14H20FNO2S/c1-9(16-19(17)14(2,3)4)11-8-13-10(5-6-18-13)7-12(11)15/h7-9,16H,5-6H2,1-4H3/t9-,19+/m0/s1. The van der Waals surface area contributed by atoms with E-state index < -0.39 is 11.4 Å². The number of benzene rings is 1. The van der Waals surface area contributed by atoms with Gasteiger partial charge in [-0.15, -0.1) is 4.72 Å². The molecule has 0 fully saturated rings. The van der Waals surface area contributed by atoms with Crippen molar-refractivity contribution in [2.45, 2.75) is 44.9 Å². The molecule has 0 aliphatic carbocycles. The van der Waals surface area contributed by atoms with Gasteiger partial charge in [0.15, 0.2) is 0 Å². The summed E-state index contributed by atoms with van der Waals surface area (Å²) in [5.41, 5.74) is 1.41. The van der Waals surface area contributed by atoms with Crippen LogP contribution in [0.3, 0.4) is 0 Å². The summed E-state index contributed by atoms with van der Waals surface area (Å²) >= 11 is -1.23. The normalized spacial score (nSPS) is 17.8. The van der Waals surface area contributed by atoms with E-state index in [-0.39, 0.29) is 16.6 Å². The smallest absolute Gasteiger partial charge is 0.136 e. The molecule has 1 aliphatic rings. The Labute approximate surface area is 116 Å². The summed E-state index contributed by atoms with van der Waals surface area (Å²) in [6, 6.07) is 2.92. The fourth-order valence-corrected chi connectivity index (χ4v) is 2.75. The molecule has 0 unspecified atom stereocenters. The lowest BCUT2D eigenvalue weighted by Gasteiger charge is -2.26. The van der Waals surface area contributed by atoms with E-state index >= 15 is 0 Å². The third-order valence-electron chi connectivity index (χ3n) is 3.12. The van der Waals surface area contributed by atoms with Crippen LogP contribution in [0.15, 0.2) is 12.1 Å². The maximum absolute atomic E-state index is 14.0. The number of rotatable bonds is 3. The van der Waals surface area contributed by atoms with Crippen molar-refractivity contribution in [3.8, 4) is 5.75 Å². The van der Waals surface area contributed by atoms with Crippen molar-refractivity contribution >= 4 is 11.4 Å². The van der Waals surface area contributed by atoms with Gasteiger partial charge in [-0.2, -0.15) is 0 Å². The molecular weight excluding hydrogens is 265 g/mol. The Morgan fingerprint density at radius 1 is 1.42 bits per heavy atom. The highest BCUT2D eigenvalue weighted by molar-refractivity contribution is 7.90. The average molecular weight is 285 g/mol. The predicted octanol–water partition coefficient (Wildman–Crippen LogP) is 2.87. The molecule has 2 atom stereocenters. The minimum Gasteiger partial charge on any atom is -0.598 e. The Balaban J connectivity index is 2.18. The molecule has 3 nitrogen and oxygen atoms in total. The molecule has 0 saturated carbocycles. The minimum atomic E-state index is -1.23. The Bertz CT molecular complexity index is 473. The third-order valence-corrected chi connectivity index (χ3v) is 4.80. The monoisotopic (exact) mass is 285 g/mol. The van der Waals surface area contributed by atoms with Crippen molar-refractivity contribution in [3.63, 3.8) is 0 Å². The molecule has 0 spiro atoms. The minimum absolute atomic E-state index is 0.268. The van der Waals surface area contributed by atoms with Gasteiger partial charge in [0.05, 0.1) is 12.6 Å². The van der Waals surface area contributed by atoms with E-state index in [1.807, 2.05) is 27.7 Å². The molecule has 1 aromatic rings. The van der Waals surface area contributed by atoms with Gasteiger partial charge in [-0.1, -0.05) is 0 Å². The topological polar surface area (TPSA) is 44.3 Å². The summed E-state index contributed by atoms with van der Waals surface area (Å²) in [4.78, 5) is 0. The van der Waals surface area contributed by atoms with Gasteiger partial charge >= 0.3 is 0 Å². The zero-order chi connectivity index (χ0) is 14.2. The van der Waals surface area contributed by atoms with Gasteiger partial charge in [-0.3, -0.25) is 0 Å². The van der Waals surface area contributed by atoms with Crippen molar-refractivity contribution in [1.29, 1.82) is 0 Å². The van der Waals surface area contributed by atoms with Crippen LogP contribution < -0.4 is 9.46 Å². The summed E-state index contributed by atoms with van der Waals surface area (Å²) in [6.45, 7) is 8.05. The number of halogens is 1. The lowest BCUT2D eigenvalue weighted by atomic mass is 10.0. The first-order valence-electron chi connectivity index (χ1n) is 6.42. The zero-order valence-corrected chi connectivity index (χ0v) is 12.6. The molecule has 5 heteroatoms. The Hall–Kier alpha value is -0.780. The van der Waals surface area contributed by atoms with Crippen LogP contribution in [0.4, 0.5) is 4.39 Å². The van der Waals surface area contributed by atoms with Gasteiger partial charge in [-0.05, 0) is 39.8 Å². The first-order chi connectivity index (χ1) is 8.79. The van der Waals surface area contributed by atoms with E-state index in [2.05, 4.69) is 4.72 Å². The highest BCUT2D eigenvalue weighted by Gasteiger charge is 2.29. The number of fused-ring (bicyclic) bond motifs is 1. The summed E-state index contributed by atoms with van der Waals surface area (Å²) in [6.07, 6.45) is 0.752. The molecule has 1 aliphatic heterocycles. The van der Waals surface area contributed by atoms with Gasteiger partial charge in [0.2, 0.25) is 0 Å². The number of hydrogen-bond acceptors (Lipinski definition) is 3. The molecule has 2 rings (SSSR count). The first kappa shape index (κ1) is 14.6. The lowest BCUT2D eigenvalue weighted by Crippen LogP contribution is -2.40. The number of nitrogens with one attached hydrogen (secondary N) is 1. The van der Waals surface area contributed by atoms with Crippen LogP contribution >= 0.6 is 0 Å². The van der Waals surface area contributed by atoms with E-state index in [0.717, 1.165) is 17.7 Å². The van der Waals surface area contributed by atoms with Crippen LogP contribution in [-0.2, 0) is 17.8 Å². The second kappa shape index (κ2) is 5.31. The Morgan fingerprint density at radius 2 is 2.11 bits per heavy atom. The van der Waals surface area contributed by atoms with Gasteiger partial charge in [0.25, 0.3) is 0 Å². The summed E-state index contributed by atoms with van der Waals surface area (Å²) in [5.74, 6) is 0.474. The van der Waals surface area contributed by atoms with Crippen LogP contribution in [0.25, 0.3) is 0 Å². The SMILES string of the molecule is C[C@H](N[S@+]([O-])C(C)(C)C)c1cc2c(cc1F)CCO2. The molecule has 1 heterocycles. The van der Waals surface area contributed by atoms with Gasteiger partial charge in [0.1, 0.15) is 16.3 Å². The highest BCUT2D eigenvalue weighted by Crippen LogP contribution is 2.31. The summed E-state index contributed by atoms with van der Waals surface area (Å²) in [5, 5.41) is 0. The van der Waals surface area contributed by atoms with E-state index in [4.69, 9.17) is 4.74 Å². The molecule has 106 valence electrons. The van der Waals surface area contributed by atoms with Crippen molar-refractivity contribution in [2.24, 2.45) is 0 Å². The lowest BCUT2D eigenvalue weighted by molar-refractivity contribution is 0.356. The number of hydrogen-bond donors (Lipinski definition) is 1. The second-order valence-electron chi connectivity index (χ2n) is 5.80. The Kier molecular flexibility index (Phi) is 4.08. The molecule has 0 aromatic heterocycles. The van der Waals surface area contributed by atoms with Crippen LogP contribution in [-0.4, -0.2) is 15.9 Å². The van der Waals surface area contributed by atoms with Gasteiger partial charge in [0, 0.05) is 28.9 Å².